The summed E-state index contributed by atoms with van der Waals surface area (Å²) in [5.41, 5.74) is 2.16. The average molecular weight is 343 g/mol. The second-order valence-electron chi connectivity index (χ2n) is 4.81. The number of hydrogen-bond acceptors (Lipinski definition) is 4. The Kier molecular flexibility index (Phi) is 4.56. The highest BCUT2D eigenvalue weighted by Gasteiger charge is 2.12. The maximum Gasteiger partial charge on any atom is 0.195 e. The van der Waals surface area contributed by atoms with Gasteiger partial charge in [-0.2, -0.15) is 0 Å². The largest absolute Gasteiger partial charge is 0.448 e. The molecule has 0 fully saturated rings. The molecule has 0 spiro atoms. The first-order valence-electron chi connectivity index (χ1n) is 6.86. The minimum Gasteiger partial charge on any atom is -0.448 e. The third-order valence-electron chi connectivity index (χ3n) is 3.26. The van der Waals surface area contributed by atoms with Crippen molar-refractivity contribution in [1.29, 1.82) is 0 Å². The molecule has 2 aromatic heterocycles. The number of aromatic nitrogens is 1. The van der Waals surface area contributed by atoms with Crippen LogP contribution in [-0.2, 0) is 6.42 Å². The van der Waals surface area contributed by atoms with Crippen molar-refractivity contribution in [2.24, 2.45) is 0 Å². The molecule has 0 atom stereocenters. The molecule has 0 aliphatic carbocycles. The van der Waals surface area contributed by atoms with E-state index in [1.807, 2.05) is 12.1 Å². The average Bonchev–Trinajstić information content (AvgIpc) is 3.22. The SMILES string of the molecule is [C-]#[N+]c1ccc(-c2coc(CCC(=O)c3ccc(Cl)s3)n2)cc1. The van der Waals surface area contributed by atoms with Gasteiger partial charge in [-0.1, -0.05) is 35.9 Å². The van der Waals surface area contributed by atoms with Gasteiger partial charge < -0.3 is 4.42 Å². The fourth-order valence-electron chi connectivity index (χ4n) is 2.07. The fourth-order valence-corrected chi connectivity index (χ4v) is 3.08. The van der Waals surface area contributed by atoms with Crippen LogP contribution in [-0.4, -0.2) is 10.8 Å². The first-order chi connectivity index (χ1) is 11.2. The molecule has 114 valence electrons. The molecular formula is C17H11ClN2O2S. The third kappa shape index (κ3) is 3.67. The molecule has 3 aromatic rings. The van der Waals surface area contributed by atoms with Crippen molar-refractivity contribution in [2.75, 3.05) is 0 Å². The molecule has 4 nitrogen and oxygen atoms in total. The van der Waals surface area contributed by atoms with Gasteiger partial charge in [0.2, 0.25) is 0 Å². The van der Waals surface area contributed by atoms with Crippen LogP contribution in [0.1, 0.15) is 22.0 Å². The number of benzene rings is 1. The standard InChI is InChI=1S/C17H11ClN2O2S/c1-19-12-4-2-11(3-5-12)13-10-22-17(20-13)9-6-14(21)15-7-8-16(18)23-15/h2-5,7-8,10H,6,9H2. The monoisotopic (exact) mass is 342 g/mol. The van der Waals surface area contributed by atoms with Gasteiger partial charge in [0.15, 0.2) is 17.4 Å². The molecule has 1 aromatic carbocycles. The fraction of sp³-hybridized carbons (Fsp3) is 0.118. The topological polar surface area (TPSA) is 47.5 Å². The van der Waals surface area contributed by atoms with Crippen LogP contribution in [0.25, 0.3) is 16.1 Å². The predicted octanol–water partition coefficient (Wildman–Crippen LogP) is 5.42. The molecular weight excluding hydrogens is 332 g/mol. The lowest BCUT2D eigenvalue weighted by Crippen LogP contribution is -1.98. The number of oxazole rings is 1. The Morgan fingerprint density at radius 1 is 1.26 bits per heavy atom. The van der Waals surface area contributed by atoms with E-state index in [0.717, 1.165) is 5.56 Å². The highest BCUT2D eigenvalue weighted by atomic mass is 35.5. The highest BCUT2D eigenvalue weighted by Crippen LogP contribution is 2.24. The molecule has 0 radical (unpaired) electrons. The Bertz CT molecular complexity index is 875. The van der Waals surface area contributed by atoms with E-state index in [4.69, 9.17) is 22.6 Å². The van der Waals surface area contributed by atoms with Crippen molar-refractivity contribution < 1.29 is 9.21 Å². The van der Waals surface area contributed by atoms with E-state index >= 15 is 0 Å². The number of carbonyl (C=O) groups is 1. The number of Topliss-reactive ketones (excluding diaryl/α,β-unsaturated/α-hetero) is 1. The second-order valence-corrected chi connectivity index (χ2v) is 6.53. The zero-order valence-electron chi connectivity index (χ0n) is 12.0. The van der Waals surface area contributed by atoms with Gasteiger partial charge in [0, 0.05) is 18.4 Å². The lowest BCUT2D eigenvalue weighted by molar-refractivity contribution is 0.0984. The number of halogens is 1. The summed E-state index contributed by atoms with van der Waals surface area (Å²) in [5, 5.41) is 0. The summed E-state index contributed by atoms with van der Waals surface area (Å²) in [4.78, 5) is 20.4. The number of nitrogens with zero attached hydrogens (tertiary/aromatic N) is 2. The number of thiophene rings is 1. The van der Waals surface area contributed by atoms with E-state index in [-0.39, 0.29) is 5.78 Å². The van der Waals surface area contributed by atoms with E-state index in [0.29, 0.717) is 39.3 Å². The van der Waals surface area contributed by atoms with Gasteiger partial charge in [-0.15, -0.1) is 11.3 Å². The molecule has 6 heteroatoms. The van der Waals surface area contributed by atoms with Gasteiger partial charge in [0.05, 0.1) is 15.8 Å². The summed E-state index contributed by atoms with van der Waals surface area (Å²) in [6.45, 7) is 6.94. The third-order valence-corrected chi connectivity index (χ3v) is 4.53. The molecule has 0 saturated carbocycles. The van der Waals surface area contributed by atoms with Crippen molar-refractivity contribution in [2.45, 2.75) is 12.8 Å². The zero-order chi connectivity index (χ0) is 16.2. The Morgan fingerprint density at radius 3 is 2.70 bits per heavy atom. The number of rotatable bonds is 5. The van der Waals surface area contributed by atoms with Crippen molar-refractivity contribution in [1.82, 2.24) is 4.98 Å². The van der Waals surface area contributed by atoms with Crippen molar-refractivity contribution in [3.05, 3.63) is 69.2 Å². The Balaban J connectivity index is 1.65. The maximum absolute atomic E-state index is 12.0. The Labute approximate surface area is 142 Å². The van der Waals surface area contributed by atoms with Gasteiger partial charge in [0.25, 0.3) is 0 Å². The molecule has 2 heterocycles. The molecule has 0 N–H and O–H groups in total. The van der Waals surface area contributed by atoms with Crippen LogP contribution in [0.3, 0.4) is 0 Å². The van der Waals surface area contributed by atoms with Crippen LogP contribution in [0, 0.1) is 6.57 Å². The molecule has 0 aliphatic rings. The molecule has 0 bridgehead atoms. The Hall–Kier alpha value is -2.42. The molecule has 0 aliphatic heterocycles. The van der Waals surface area contributed by atoms with Crippen LogP contribution in [0.15, 0.2) is 47.1 Å². The quantitative estimate of drug-likeness (QED) is 0.459. The summed E-state index contributed by atoms with van der Waals surface area (Å²) in [7, 11) is 0. The first kappa shape index (κ1) is 15.5. The molecule has 0 amide bonds. The van der Waals surface area contributed by atoms with Crippen LogP contribution in [0.2, 0.25) is 4.34 Å². The molecule has 3 rings (SSSR count). The van der Waals surface area contributed by atoms with Crippen LogP contribution < -0.4 is 0 Å². The van der Waals surface area contributed by atoms with Crippen molar-refractivity contribution in [3.63, 3.8) is 0 Å². The number of ketones is 1. The van der Waals surface area contributed by atoms with Gasteiger partial charge in [-0.25, -0.2) is 9.83 Å². The van der Waals surface area contributed by atoms with Gasteiger partial charge in [-0.05, 0) is 12.1 Å². The normalized spacial score (nSPS) is 10.4. The summed E-state index contributed by atoms with van der Waals surface area (Å²) in [5.74, 6) is 0.549. The predicted molar refractivity (Wildman–Crippen MR) is 90.2 cm³/mol. The van der Waals surface area contributed by atoms with E-state index in [9.17, 15) is 4.79 Å². The lowest BCUT2D eigenvalue weighted by Gasteiger charge is -1.96. The number of hydrogen-bond donors (Lipinski definition) is 0. The molecule has 23 heavy (non-hydrogen) atoms. The lowest BCUT2D eigenvalue weighted by atomic mass is 10.1. The van der Waals surface area contributed by atoms with Crippen molar-refractivity contribution in [3.8, 4) is 11.3 Å². The van der Waals surface area contributed by atoms with E-state index in [1.54, 1.807) is 30.5 Å². The number of aryl methyl sites for hydroxylation is 1. The van der Waals surface area contributed by atoms with Gasteiger partial charge >= 0.3 is 0 Å². The maximum atomic E-state index is 12.0. The summed E-state index contributed by atoms with van der Waals surface area (Å²) in [6.07, 6.45) is 2.33. The first-order valence-corrected chi connectivity index (χ1v) is 8.06. The zero-order valence-corrected chi connectivity index (χ0v) is 13.5. The van der Waals surface area contributed by atoms with E-state index in [2.05, 4.69) is 9.83 Å². The smallest absolute Gasteiger partial charge is 0.195 e. The Morgan fingerprint density at radius 2 is 2.04 bits per heavy atom. The number of carbonyl (C=O) groups excluding carboxylic acids is 1. The van der Waals surface area contributed by atoms with E-state index < -0.39 is 0 Å². The summed E-state index contributed by atoms with van der Waals surface area (Å²) in [6, 6.07) is 10.6. The highest BCUT2D eigenvalue weighted by molar-refractivity contribution is 7.18. The molecule has 0 unspecified atom stereocenters. The summed E-state index contributed by atoms with van der Waals surface area (Å²) >= 11 is 7.11. The van der Waals surface area contributed by atoms with E-state index in [1.165, 1.54) is 11.3 Å². The summed E-state index contributed by atoms with van der Waals surface area (Å²) < 4.78 is 6.03. The minimum absolute atomic E-state index is 0.0306. The van der Waals surface area contributed by atoms with Gasteiger partial charge in [-0.3, -0.25) is 4.79 Å². The van der Waals surface area contributed by atoms with Crippen LogP contribution in [0.4, 0.5) is 5.69 Å². The van der Waals surface area contributed by atoms with Crippen LogP contribution >= 0.6 is 22.9 Å². The minimum atomic E-state index is 0.0306. The van der Waals surface area contributed by atoms with Crippen molar-refractivity contribution >= 4 is 34.4 Å². The van der Waals surface area contributed by atoms with Gasteiger partial charge in [0.1, 0.15) is 12.0 Å². The molecule has 0 saturated heterocycles. The second kappa shape index (κ2) is 6.78. The van der Waals surface area contributed by atoms with Crippen LogP contribution in [0.5, 0.6) is 0 Å².